The minimum Gasteiger partial charge on any atom is -0.344 e. The summed E-state index contributed by atoms with van der Waals surface area (Å²) in [6.45, 7) is 8.91. The lowest BCUT2D eigenvalue weighted by Crippen LogP contribution is -2.21. The predicted molar refractivity (Wildman–Crippen MR) is 59.5 cm³/mol. The van der Waals surface area contributed by atoms with Gasteiger partial charge < -0.3 is 4.57 Å². The van der Waals surface area contributed by atoms with Crippen LogP contribution in [0.3, 0.4) is 0 Å². The molecule has 0 radical (unpaired) electrons. The van der Waals surface area contributed by atoms with Crippen molar-refractivity contribution in [2.24, 2.45) is 0 Å². The summed E-state index contributed by atoms with van der Waals surface area (Å²) in [5.74, 6) is 0. The van der Waals surface area contributed by atoms with E-state index < -0.39 is 0 Å². The molecule has 0 fully saturated rings. The molecule has 0 saturated heterocycles. The van der Waals surface area contributed by atoms with Gasteiger partial charge in [-0.25, -0.2) is 0 Å². The van der Waals surface area contributed by atoms with Gasteiger partial charge in [-0.15, -0.1) is 11.3 Å². The van der Waals surface area contributed by atoms with Crippen molar-refractivity contribution in [3.63, 3.8) is 0 Å². The van der Waals surface area contributed by atoms with Crippen molar-refractivity contribution in [3.8, 4) is 0 Å². The van der Waals surface area contributed by atoms with Gasteiger partial charge >= 0.3 is 0 Å². The van der Waals surface area contributed by atoms with Crippen molar-refractivity contribution in [3.05, 3.63) is 23.3 Å². The Kier molecular flexibility index (Phi) is 1.77. The first-order chi connectivity index (χ1) is 6.00. The molecule has 0 atom stereocenters. The number of fused-ring (bicyclic) bond motifs is 1. The zero-order valence-corrected chi connectivity index (χ0v) is 9.40. The highest BCUT2D eigenvalue weighted by molar-refractivity contribution is 7.17. The van der Waals surface area contributed by atoms with Gasteiger partial charge in [-0.3, -0.25) is 0 Å². The molecule has 1 nitrogen and oxygen atoms in total. The second-order valence-corrected chi connectivity index (χ2v) is 5.40. The molecule has 2 aromatic rings. The van der Waals surface area contributed by atoms with Crippen LogP contribution in [0.15, 0.2) is 17.6 Å². The smallest absolute Gasteiger partial charge is 0.0522 e. The van der Waals surface area contributed by atoms with Gasteiger partial charge in [0, 0.05) is 22.8 Å². The quantitative estimate of drug-likeness (QED) is 0.600. The standard InChI is InChI=1S/C11H15NS/c1-8-9-5-6-13-10(9)7-12(8)11(2,3)4/h5-7H,1-4H3. The van der Waals surface area contributed by atoms with Gasteiger partial charge in [-0.2, -0.15) is 0 Å². The van der Waals surface area contributed by atoms with Gasteiger partial charge in [0.15, 0.2) is 0 Å². The summed E-state index contributed by atoms with van der Waals surface area (Å²) in [5, 5.41) is 3.56. The van der Waals surface area contributed by atoms with Gasteiger partial charge in [0.25, 0.3) is 0 Å². The molecule has 0 aromatic carbocycles. The van der Waals surface area contributed by atoms with Crippen LogP contribution in [0, 0.1) is 6.92 Å². The number of aryl methyl sites for hydroxylation is 1. The van der Waals surface area contributed by atoms with E-state index in [1.165, 1.54) is 15.8 Å². The first-order valence-corrected chi connectivity index (χ1v) is 5.44. The average Bonchev–Trinajstić information content (AvgIpc) is 2.51. The van der Waals surface area contributed by atoms with Gasteiger partial charge in [0.1, 0.15) is 0 Å². The lowest BCUT2D eigenvalue weighted by molar-refractivity contribution is 0.392. The summed E-state index contributed by atoms with van der Waals surface area (Å²) in [4.78, 5) is 0. The highest BCUT2D eigenvalue weighted by atomic mass is 32.1. The maximum Gasteiger partial charge on any atom is 0.0522 e. The van der Waals surface area contributed by atoms with Gasteiger partial charge in [0.05, 0.1) is 4.70 Å². The van der Waals surface area contributed by atoms with Crippen molar-refractivity contribution in [1.82, 2.24) is 4.57 Å². The second kappa shape index (κ2) is 2.61. The SMILES string of the molecule is Cc1c2ccsc2cn1C(C)(C)C. The third-order valence-electron chi connectivity index (χ3n) is 2.42. The molecule has 2 heteroatoms. The largest absolute Gasteiger partial charge is 0.344 e. The van der Waals surface area contributed by atoms with Gasteiger partial charge in [0.2, 0.25) is 0 Å². The fourth-order valence-electron chi connectivity index (χ4n) is 1.76. The van der Waals surface area contributed by atoms with Crippen molar-refractivity contribution >= 4 is 21.4 Å². The van der Waals surface area contributed by atoms with Crippen molar-refractivity contribution in [1.29, 1.82) is 0 Å². The maximum absolute atomic E-state index is 2.36. The predicted octanol–water partition coefficient (Wildman–Crippen LogP) is 3.77. The number of rotatable bonds is 0. The van der Waals surface area contributed by atoms with E-state index in [1.54, 1.807) is 0 Å². The van der Waals surface area contributed by atoms with Crippen LogP contribution in [0.2, 0.25) is 0 Å². The van der Waals surface area contributed by atoms with Gasteiger partial charge in [-0.05, 0) is 39.1 Å². The number of hydrogen-bond acceptors (Lipinski definition) is 1. The highest BCUT2D eigenvalue weighted by Gasteiger charge is 2.16. The molecule has 0 aliphatic rings. The van der Waals surface area contributed by atoms with Crippen molar-refractivity contribution < 1.29 is 0 Å². The van der Waals surface area contributed by atoms with Crippen LogP contribution in [0.25, 0.3) is 10.1 Å². The fourth-order valence-corrected chi connectivity index (χ4v) is 2.62. The molecule has 2 aromatic heterocycles. The van der Waals surface area contributed by atoms with E-state index in [-0.39, 0.29) is 5.54 Å². The minimum atomic E-state index is 0.197. The number of nitrogens with zero attached hydrogens (tertiary/aromatic N) is 1. The third-order valence-corrected chi connectivity index (χ3v) is 3.27. The van der Waals surface area contributed by atoms with E-state index in [4.69, 9.17) is 0 Å². The molecule has 0 unspecified atom stereocenters. The lowest BCUT2D eigenvalue weighted by atomic mass is 10.1. The first kappa shape index (κ1) is 8.82. The summed E-state index contributed by atoms with van der Waals surface area (Å²) in [6.07, 6.45) is 2.26. The van der Waals surface area contributed by atoms with Crippen molar-refractivity contribution in [2.75, 3.05) is 0 Å². The van der Waals surface area contributed by atoms with E-state index in [0.29, 0.717) is 0 Å². The summed E-state index contributed by atoms with van der Waals surface area (Å²) < 4.78 is 3.75. The third kappa shape index (κ3) is 1.29. The normalized spacial score (nSPS) is 12.6. The lowest BCUT2D eigenvalue weighted by Gasteiger charge is -2.23. The van der Waals surface area contributed by atoms with E-state index in [9.17, 15) is 0 Å². The molecule has 0 aliphatic heterocycles. The summed E-state index contributed by atoms with van der Waals surface area (Å²) in [7, 11) is 0. The molecule has 0 aliphatic carbocycles. The zero-order valence-electron chi connectivity index (χ0n) is 8.59. The molecule has 0 spiro atoms. The monoisotopic (exact) mass is 193 g/mol. The fraction of sp³-hybridized carbons (Fsp3) is 0.455. The Balaban J connectivity index is 2.71. The summed E-state index contributed by atoms with van der Waals surface area (Å²) in [6, 6.07) is 2.21. The summed E-state index contributed by atoms with van der Waals surface area (Å²) in [5.41, 5.74) is 1.58. The van der Waals surface area contributed by atoms with E-state index >= 15 is 0 Å². The van der Waals surface area contributed by atoms with E-state index in [0.717, 1.165) is 0 Å². The van der Waals surface area contributed by atoms with Crippen LogP contribution in [0.4, 0.5) is 0 Å². The molecular weight excluding hydrogens is 178 g/mol. The summed E-state index contributed by atoms with van der Waals surface area (Å²) >= 11 is 1.82. The molecule has 70 valence electrons. The topological polar surface area (TPSA) is 4.93 Å². The number of aromatic nitrogens is 1. The van der Waals surface area contributed by atoms with Crippen LogP contribution in [0.5, 0.6) is 0 Å². The van der Waals surface area contributed by atoms with Crippen LogP contribution in [0.1, 0.15) is 26.5 Å². The molecule has 0 N–H and O–H groups in total. The van der Waals surface area contributed by atoms with E-state index in [1.807, 2.05) is 11.3 Å². The Hall–Kier alpha value is -0.760. The van der Waals surface area contributed by atoms with Crippen molar-refractivity contribution in [2.45, 2.75) is 33.2 Å². The molecule has 2 rings (SSSR count). The molecule has 2 heterocycles. The Labute approximate surface area is 83.0 Å². The Morgan fingerprint density at radius 1 is 1.31 bits per heavy atom. The van der Waals surface area contributed by atoms with Gasteiger partial charge in [-0.1, -0.05) is 0 Å². The number of thiophene rings is 1. The zero-order chi connectivity index (χ0) is 9.64. The molecule has 13 heavy (non-hydrogen) atoms. The van der Waals surface area contributed by atoms with Crippen LogP contribution in [-0.4, -0.2) is 4.57 Å². The Morgan fingerprint density at radius 3 is 2.54 bits per heavy atom. The molecule has 0 bridgehead atoms. The van der Waals surface area contributed by atoms with Crippen LogP contribution >= 0.6 is 11.3 Å². The highest BCUT2D eigenvalue weighted by Crippen LogP contribution is 2.29. The Bertz CT molecular complexity index is 428. The minimum absolute atomic E-state index is 0.197. The molecule has 0 amide bonds. The van der Waals surface area contributed by atoms with Crippen LogP contribution < -0.4 is 0 Å². The van der Waals surface area contributed by atoms with E-state index in [2.05, 4.69) is 49.9 Å². The number of hydrogen-bond donors (Lipinski definition) is 0. The first-order valence-electron chi connectivity index (χ1n) is 4.56. The molecule has 0 saturated carbocycles. The average molecular weight is 193 g/mol. The Morgan fingerprint density at radius 2 is 2.00 bits per heavy atom. The molecular formula is C11H15NS. The van der Waals surface area contributed by atoms with Crippen LogP contribution in [-0.2, 0) is 5.54 Å². The maximum atomic E-state index is 2.36. The second-order valence-electron chi connectivity index (χ2n) is 4.45.